The zero-order valence-electron chi connectivity index (χ0n) is 20.3. The van der Waals surface area contributed by atoms with Crippen LogP contribution in [0.5, 0.6) is 0 Å². The van der Waals surface area contributed by atoms with Crippen molar-refractivity contribution in [3.63, 3.8) is 0 Å². The average Bonchev–Trinajstić information content (AvgIpc) is 3.65. The number of carbonyl (C=O) groups is 1. The number of aliphatic hydroxyl groups excluding tert-OH is 1. The summed E-state index contributed by atoms with van der Waals surface area (Å²) >= 11 is 0. The minimum absolute atomic E-state index is 0.0980. The summed E-state index contributed by atoms with van der Waals surface area (Å²) in [6, 6.07) is 10.8. The number of halogens is 1. The molecule has 1 fully saturated rings. The van der Waals surface area contributed by atoms with Gasteiger partial charge >= 0.3 is 0 Å². The Morgan fingerprint density at radius 2 is 2.00 bits per heavy atom. The lowest BCUT2D eigenvalue weighted by Gasteiger charge is -2.29. The predicted octanol–water partition coefficient (Wildman–Crippen LogP) is 3.84. The molecule has 0 saturated heterocycles. The fraction of sp³-hybridized carbons (Fsp3) is 0.370. The van der Waals surface area contributed by atoms with Crippen LogP contribution in [0.15, 0.2) is 53.6 Å². The van der Waals surface area contributed by atoms with Crippen LogP contribution < -0.4 is 16.2 Å². The smallest absolute Gasteiger partial charge is 0.297 e. The zero-order chi connectivity index (χ0) is 25.2. The van der Waals surface area contributed by atoms with Crippen LogP contribution in [0, 0.1) is 12.7 Å². The van der Waals surface area contributed by atoms with Gasteiger partial charge in [-0.3, -0.25) is 14.2 Å². The molecule has 1 heterocycles. The lowest BCUT2D eigenvalue weighted by Crippen LogP contribution is -2.34. The van der Waals surface area contributed by atoms with Crippen LogP contribution >= 0.6 is 0 Å². The minimum atomic E-state index is -0.649. The van der Waals surface area contributed by atoms with E-state index in [-0.39, 0.29) is 35.5 Å². The molecule has 0 atom stereocenters. The maximum Gasteiger partial charge on any atom is 0.297 e. The molecule has 2 aromatic carbocycles. The molecule has 184 valence electrons. The Morgan fingerprint density at radius 3 is 2.71 bits per heavy atom. The second-order valence-corrected chi connectivity index (χ2v) is 9.54. The largest absolute Gasteiger partial charge is 0.396 e. The van der Waals surface area contributed by atoms with Gasteiger partial charge in [0.05, 0.1) is 11.2 Å². The number of aromatic nitrogens is 2. The molecule has 1 aliphatic carbocycles. The number of rotatable bonds is 9. The number of amides is 1. The van der Waals surface area contributed by atoms with Gasteiger partial charge in [-0.25, -0.2) is 9.37 Å². The predicted molar refractivity (Wildman–Crippen MR) is 134 cm³/mol. The molecule has 0 bridgehead atoms. The van der Waals surface area contributed by atoms with Crippen LogP contribution in [-0.4, -0.2) is 33.2 Å². The summed E-state index contributed by atoms with van der Waals surface area (Å²) in [5.41, 5.74) is 1.70. The van der Waals surface area contributed by atoms with Crippen molar-refractivity contribution in [2.45, 2.75) is 58.0 Å². The standard InChI is InChI=1S/C27H31FN4O3/c1-17-22(28)15-19(25(34)30-20-10-11-20)16-23(17)32-13-12-29-24(26(32)35)31-27(2,3)21-9-5-4-7-18(21)8-6-14-33/h4-5,7,9,12-13,15-16,20,33H,6,8,10-11,14H2,1-3H3,(H,29,31)(H,30,34). The molecular formula is C27H31FN4O3. The lowest BCUT2D eigenvalue weighted by atomic mass is 9.88. The number of aryl methyl sites for hydroxylation is 1. The van der Waals surface area contributed by atoms with E-state index >= 15 is 0 Å². The molecular weight excluding hydrogens is 447 g/mol. The van der Waals surface area contributed by atoms with Gasteiger partial charge in [-0.2, -0.15) is 0 Å². The van der Waals surface area contributed by atoms with Crippen molar-refractivity contribution >= 4 is 11.7 Å². The van der Waals surface area contributed by atoms with Gasteiger partial charge in [0.25, 0.3) is 11.5 Å². The summed E-state index contributed by atoms with van der Waals surface area (Å²) in [5.74, 6) is -0.796. The SMILES string of the molecule is Cc1c(F)cc(C(=O)NC2CC2)cc1-n1ccnc(NC(C)(C)c2ccccc2CCCO)c1=O. The van der Waals surface area contributed by atoms with Crippen molar-refractivity contribution in [3.05, 3.63) is 87.2 Å². The number of anilines is 1. The average molecular weight is 479 g/mol. The first-order valence-corrected chi connectivity index (χ1v) is 11.9. The Labute approximate surface area is 204 Å². The molecule has 7 nitrogen and oxygen atoms in total. The molecule has 4 rings (SSSR count). The van der Waals surface area contributed by atoms with E-state index in [2.05, 4.69) is 15.6 Å². The second-order valence-electron chi connectivity index (χ2n) is 9.54. The number of nitrogens with zero attached hydrogens (tertiary/aromatic N) is 2. The van der Waals surface area contributed by atoms with Crippen molar-refractivity contribution in [3.8, 4) is 5.69 Å². The first-order valence-electron chi connectivity index (χ1n) is 11.9. The maximum atomic E-state index is 14.8. The van der Waals surface area contributed by atoms with Crippen molar-refractivity contribution in [1.29, 1.82) is 0 Å². The summed E-state index contributed by atoms with van der Waals surface area (Å²) in [6.07, 6.45) is 6.14. The molecule has 1 saturated carbocycles. The molecule has 8 heteroatoms. The topological polar surface area (TPSA) is 96.2 Å². The number of aliphatic hydroxyl groups is 1. The van der Waals surface area contributed by atoms with Gasteiger partial charge in [-0.1, -0.05) is 24.3 Å². The quantitative estimate of drug-likeness (QED) is 0.434. The van der Waals surface area contributed by atoms with Crippen LogP contribution in [0.2, 0.25) is 0 Å². The van der Waals surface area contributed by atoms with Gasteiger partial charge in [-0.05, 0) is 69.7 Å². The number of carbonyl (C=O) groups excluding carboxylic acids is 1. The summed E-state index contributed by atoms with van der Waals surface area (Å²) in [5, 5.41) is 15.4. The monoisotopic (exact) mass is 478 g/mol. The Balaban J connectivity index is 1.69. The molecule has 0 aliphatic heterocycles. The Hall–Kier alpha value is -3.52. The highest BCUT2D eigenvalue weighted by Gasteiger charge is 2.27. The number of hydrogen-bond donors (Lipinski definition) is 3. The fourth-order valence-corrected chi connectivity index (χ4v) is 4.21. The Kier molecular flexibility index (Phi) is 7.03. The summed E-state index contributed by atoms with van der Waals surface area (Å²) in [6.45, 7) is 5.59. The van der Waals surface area contributed by atoms with E-state index in [0.717, 1.165) is 24.0 Å². The van der Waals surface area contributed by atoms with Crippen LogP contribution in [0.4, 0.5) is 10.2 Å². The van der Waals surface area contributed by atoms with Crippen LogP contribution in [0.1, 0.15) is 60.2 Å². The molecule has 0 spiro atoms. The van der Waals surface area contributed by atoms with Gasteiger partial charge in [0.2, 0.25) is 0 Å². The Morgan fingerprint density at radius 1 is 1.26 bits per heavy atom. The molecule has 0 unspecified atom stereocenters. The molecule has 1 aromatic heterocycles. The first kappa shape index (κ1) is 24.6. The molecule has 3 N–H and O–H groups in total. The van der Waals surface area contributed by atoms with Crippen molar-refractivity contribution in [1.82, 2.24) is 14.9 Å². The third kappa shape index (κ3) is 5.43. The molecule has 1 aliphatic rings. The van der Waals surface area contributed by atoms with Crippen molar-refractivity contribution in [2.24, 2.45) is 0 Å². The number of hydrogen-bond acceptors (Lipinski definition) is 5. The highest BCUT2D eigenvalue weighted by atomic mass is 19.1. The highest BCUT2D eigenvalue weighted by molar-refractivity contribution is 5.95. The van der Waals surface area contributed by atoms with E-state index in [1.807, 2.05) is 38.1 Å². The third-order valence-corrected chi connectivity index (χ3v) is 6.32. The minimum Gasteiger partial charge on any atom is -0.396 e. The van der Waals surface area contributed by atoms with E-state index in [1.54, 1.807) is 6.92 Å². The van der Waals surface area contributed by atoms with Gasteiger partial charge < -0.3 is 15.7 Å². The van der Waals surface area contributed by atoms with Crippen molar-refractivity contribution in [2.75, 3.05) is 11.9 Å². The van der Waals surface area contributed by atoms with Crippen LogP contribution in [0.3, 0.4) is 0 Å². The van der Waals surface area contributed by atoms with Gasteiger partial charge in [-0.15, -0.1) is 0 Å². The molecule has 1 amide bonds. The normalized spacial score (nSPS) is 13.5. The molecule has 3 aromatic rings. The van der Waals surface area contributed by atoms with E-state index < -0.39 is 16.9 Å². The highest BCUT2D eigenvalue weighted by Crippen LogP contribution is 2.28. The summed E-state index contributed by atoms with van der Waals surface area (Å²) < 4.78 is 16.1. The number of benzene rings is 2. The van der Waals surface area contributed by atoms with E-state index in [4.69, 9.17) is 0 Å². The first-order chi connectivity index (χ1) is 16.7. The molecule has 35 heavy (non-hydrogen) atoms. The van der Waals surface area contributed by atoms with Crippen LogP contribution in [0.25, 0.3) is 5.69 Å². The van der Waals surface area contributed by atoms with E-state index in [0.29, 0.717) is 18.5 Å². The maximum absolute atomic E-state index is 14.8. The summed E-state index contributed by atoms with van der Waals surface area (Å²) in [4.78, 5) is 30.3. The Bertz CT molecular complexity index is 1300. The zero-order valence-corrected chi connectivity index (χ0v) is 20.3. The second kappa shape index (κ2) is 10.00. The lowest BCUT2D eigenvalue weighted by molar-refractivity contribution is 0.0950. The van der Waals surface area contributed by atoms with E-state index in [1.165, 1.54) is 29.1 Å². The fourth-order valence-electron chi connectivity index (χ4n) is 4.21. The number of nitrogens with one attached hydrogen (secondary N) is 2. The third-order valence-electron chi connectivity index (χ3n) is 6.32. The summed E-state index contributed by atoms with van der Waals surface area (Å²) in [7, 11) is 0. The van der Waals surface area contributed by atoms with Gasteiger partial charge in [0, 0.05) is 36.2 Å². The van der Waals surface area contributed by atoms with E-state index in [9.17, 15) is 19.1 Å². The molecule has 0 radical (unpaired) electrons. The van der Waals surface area contributed by atoms with Gasteiger partial charge in [0.15, 0.2) is 5.82 Å². The van der Waals surface area contributed by atoms with Crippen molar-refractivity contribution < 1.29 is 14.3 Å². The van der Waals surface area contributed by atoms with Gasteiger partial charge in [0.1, 0.15) is 5.82 Å². The van der Waals surface area contributed by atoms with Crippen LogP contribution in [-0.2, 0) is 12.0 Å².